The fraction of sp³-hybridized carbons (Fsp3) is 0.372. The molecule has 4 unspecified atom stereocenters. The minimum atomic E-state index is -0.0993. The highest BCUT2D eigenvalue weighted by atomic mass is 16.3. The normalized spacial score (nSPS) is 13.8. The summed E-state index contributed by atoms with van der Waals surface area (Å²) < 4.78 is 0. The third-order valence-electron chi connectivity index (χ3n) is 10.1. The molecule has 278 valence electrons. The molecule has 0 radical (unpaired) electrons. The molecular weight excluding hydrogens is 661 g/mol. The quantitative estimate of drug-likeness (QED) is 0.0734. The first-order chi connectivity index (χ1) is 25.8. The van der Waals surface area contributed by atoms with Crippen LogP contribution in [0.4, 0.5) is 0 Å². The van der Waals surface area contributed by atoms with Crippen LogP contribution in [0.2, 0.25) is 0 Å². The van der Waals surface area contributed by atoms with Crippen LogP contribution in [0.5, 0.6) is 5.75 Å². The van der Waals surface area contributed by atoms with Gasteiger partial charge in [-0.1, -0.05) is 30.7 Å². The van der Waals surface area contributed by atoms with Gasteiger partial charge in [-0.25, -0.2) is 0 Å². The maximum Gasteiger partial charge on any atom is 0.220 e. The van der Waals surface area contributed by atoms with Crippen LogP contribution in [0.15, 0.2) is 110 Å². The van der Waals surface area contributed by atoms with Crippen LogP contribution in [0, 0.1) is 0 Å². The van der Waals surface area contributed by atoms with Crippen LogP contribution in [0.25, 0.3) is 0 Å². The Morgan fingerprint density at radius 2 is 1.04 bits per heavy atom. The lowest BCUT2D eigenvalue weighted by Gasteiger charge is -2.36. The first-order valence-corrected chi connectivity index (χ1v) is 18.7. The number of hydrogen-bond donors (Lipinski definition) is 3. The lowest BCUT2D eigenvalue weighted by atomic mass is 9.98. The first-order valence-electron chi connectivity index (χ1n) is 18.7. The topological polar surface area (TPSA) is 133 Å². The van der Waals surface area contributed by atoms with E-state index in [1.165, 1.54) is 0 Å². The molecule has 0 aliphatic carbocycles. The number of benzene rings is 1. The number of carbonyl (C=O) groups is 1. The third-order valence-corrected chi connectivity index (χ3v) is 10.1. The van der Waals surface area contributed by atoms with Crippen LogP contribution in [0.1, 0.15) is 117 Å². The molecule has 53 heavy (non-hydrogen) atoms. The number of pyridine rings is 4. The zero-order chi connectivity index (χ0) is 37.6. The maximum atomic E-state index is 12.9. The minimum absolute atomic E-state index is 0.00143. The molecule has 5 aromatic rings. The van der Waals surface area contributed by atoms with Crippen molar-refractivity contribution in [3.05, 3.63) is 149 Å². The Bertz CT molecular complexity index is 1620. The van der Waals surface area contributed by atoms with E-state index in [9.17, 15) is 9.90 Å². The van der Waals surface area contributed by atoms with Gasteiger partial charge < -0.3 is 16.2 Å². The standard InChI is InChI=1S/C43H54N8O2/c1-31(38-16-7-12-22-45-38)50(32(2)39-17-8-13-23-46-39)29-36-26-35(28-49-42(52)20-6-5-11-21-44)27-37(43(36)53)30-51(33(3)40-18-9-14-24-47-40)34(4)41-19-10-15-25-48-41/h7-10,12-19,22-27,31-34,53H,5-6,11,20-21,28-30,44H2,1-4H3,(H,49,52). The highest BCUT2D eigenvalue weighted by Crippen LogP contribution is 2.37. The van der Waals surface area contributed by atoms with Gasteiger partial charge in [0.25, 0.3) is 0 Å². The highest BCUT2D eigenvalue weighted by molar-refractivity contribution is 5.75. The SMILES string of the molecule is CC(c1ccccn1)N(Cc1cc(CNC(=O)CCCCCN)cc(CN(C(C)c2ccccn2)C(C)c2ccccn2)c1O)C(C)c1ccccn1. The Hall–Kier alpha value is -5.03. The van der Waals surface area contributed by atoms with Crippen LogP contribution in [0.3, 0.4) is 0 Å². The molecule has 0 saturated heterocycles. The van der Waals surface area contributed by atoms with Crippen molar-refractivity contribution >= 4 is 5.91 Å². The van der Waals surface area contributed by atoms with E-state index in [-0.39, 0.29) is 35.8 Å². The summed E-state index contributed by atoms with van der Waals surface area (Å²) in [6.45, 7) is 10.4. The Kier molecular flexibility index (Phi) is 14.6. The molecule has 4 atom stereocenters. The van der Waals surface area contributed by atoms with Crippen LogP contribution in [-0.4, -0.2) is 47.3 Å². The molecule has 0 bridgehead atoms. The van der Waals surface area contributed by atoms with Gasteiger partial charge in [0.1, 0.15) is 5.75 Å². The van der Waals surface area contributed by atoms with E-state index in [4.69, 9.17) is 25.7 Å². The van der Waals surface area contributed by atoms with Gasteiger partial charge in [-0.3, -0.25) is 34.5 Å². The first kappa shape index (κ1) is 39.2. The molecule has 0 saturated carbocycles. The number of aromatic hydroxyl groups is 1. The Labute approximate surface area is 314 Å². The van der Waals surface area contributed by atoms with E-state index < -0.39 is 0 Å². The van der Waals surface area contributed by atoms with Crippen LogP contribution in [-0.2, 0) is 24.4 Å². The van der Waals surface area contributed by atoms with E-state index in [1.54, 1.807) is 0 Å². The van der Waals surface area contributed by atoms with E-state index in [0.29, 0.717) is 32.6 Å². The van der Waals surface area contributed by atoms with Gasteiger partial charge in [-0.2, -0.15) is 0 Å². The average Bonchev–Trinajstić information content (AvgIpc) is 3.21. The highest BCUT2D eigenvalue weighted by Gasteiger charge is 2.29. The molecule has 4 heterocycles. The number of rotatable bonds is 19. The molecule has 1 amide bonds. The van der Waals surface area contributed by atoms with Gasteiger partial charge in [0.05, 0.1) is 46.9 Å². The number of hydrogen-bond acceptors (Lipinski definition) is 9. The lowest BCUT2D eigenvalue weighted by Crippen LogP contribution is -2.32. The van der Waals surface area contributed by atoms with Crippen molar-refractivity contribution < 1.29 is 9.90 Å². The average molecular weight is 715 g/mol. The number of aromatic nitrogens is 4. The van der Waals surface area contributed by atoms with Crippen LogP contribution < -0.4 is 11.1 Å². The molecule has 4 aromatic heterocycles. The summed E-state index contributed by atoms with van der Waals surface area (Å²) in [7, 11) is 0. The third kappa shape index (κ3) is 10.8. The Balaban J connectivity index is 1.54. The molecular formula is C43H54N8O2. The van der Waals surface area contributed by atoms with Crippen molar-refractivity contribution in [1.29, 1.82) is 0 Å². The van der Waals surface area contributed by atoms with Gasteiger partial charge in [-0.05, 0) is 113 Å². The second-order valence-corrected chi connectivity index (χ2v) is 13.7. The fourth-order valence-electron chi connectivity index (χ4n) is 6.85. The zero-order valence-corrected chi connectivity index (χ0v) is 31.5. The molecule has 4 N–H and O–H groups in total. The largest absolute Gasteiger partial charge is 0.507 e. The van der Waals surface area contributed by atoms with E-state index >= 15 is 0 Å². The van der Waals surface area contributed by atoms with Crippen molar-refractivity contribution in [2.45, 2.75) is 97.2 Å². The summed E-state index contributed by atoms with van der Waals surface area (Å²) >= 11 is 0. The summed E-state index contributed by atoms with van der Waals surface area (Å²) in [5.74, 6) is 0.223. The Morgan fingerprint density at radius 1 is 0.642 bits per heavy atom. The Morgan fingerprint density at radius 3 is 1.38 bits per heavy atom. The maximum absolute atomic E-state index is 12.9. The van der Waals surface area contributed by atoms with Gasteiger partial charge in [0.15, 0.2) is 0 Å². The molecule has 0 spiro atoms. The van der Waals surface area contributed by atoms with E-state index in [1.807, 2.05) is 110 Å². The molecule has 0 aliphatic heterocycles. The lowest BCUT2D eigenvalue weighted by molar-refractivity contribution is -0.121. The number of nitrogens with one attached hydrogen (secondary N) is 1. The number of phenolic OH excluding ortho intramolecular Hbond substituents is 1. The number of nitrogens with two attached hydrogens (primary N) is 1. The zero-order valence-electron chi connectivity index (χ0n) is 31.5. The molecule has 10 heteroatoms. The molecule has 1 aromatic carbocycles. The smallest absolute Gasteiger partial charge is 0.220 e. The predicted octanol–water partition coefficient (Wildman–Crippen LogP) is 7.76. The summed E-state index contributed by atoms with van der Waals surface area (Å²) in [4.78, 5) is 36.3. The van der Waals surface area contributed by atoms with Crippen molar-refractivity contribution in [3.63, 3.8) is 0 Å². The van der Waals surface area contributed by atoms with E-state index in [0.717, 1.165) is 58.7 Å². The second-order valence-electron chi connectivity index (χ2n) is 13.7. The van der Waals surface area contributed by atoms with Gasteiger partial charge in [0.2, 0.25) is 5.91 Å². The van der Waals surface area contributed by atoms with Crippen LogP contribution >= 0.6 is 0 Å². The summed E-state index contributed by atoms with van der Waals surface area (Å²) in [5, 5.41) is 15.4. The minimum Gasteiger partial charge on any atom is -0.507 e. The molecule has 10 nitrogen and oxygen atoms in total. The van der Waals surface area contributed by atoms with Gasteiger partial charge in [0, 0.05) is 62.0 Å². The van der Waals surface area contributed by atoms with E-state index in [2.05, 4.69) is 42.8 Å². The number of nitrogens with zero attached hydrogens (tertiary/aromatic N) is 6. The summed E-state index contributed by atoms with van der Waals surface area (Å²) in [6.07, 6.45) is 10.3. The van der Waals surface area contributed by atoms with Crippen molar-refractivity contribution in [2.75, 3.05) is 6.54 Å². The van der Waals surface area contributed by atoms with Crippen molar-refractivity contribution in [3.8, 4) is 5.75 Å². The molecule has 5 rings (SSSR count). The van der Waals surface area contributed by atoms with Crippen molar-refractivity contribution in [1.82, 2.24) is 35.1 Å². The number of phenols is 1. The van der Waals surface area contributed by atoms with Gasteiger partial charge in [-0.15, -0.1) is 0 Å². The number of unbranched alkanes of at least 4 members (excludes halogenated alkanes) is 2. The van der Waals surface area contributed by atoms with Gasteiger partial charge >= 0.3 is 0 Å². The number of carbonyl (C=O) groups excluding carboxylic acids is 1. The fourth-order valence-corrected chi connectivity index (χ4v) is 6.85. The summed E-state index contributed by atoms with van der Waals surface area (Å²) in [5.41, 5.74) is 11.8. The van der Waals surface area contributed by atoms with Crippen molar-refractivity contribution in [2.24, 2.45) is 5.73 Å². The molecule has 0 aliphatic rings. The predicted molar refractivity (Wildman–Crippen MR) is 209 cm³/mol. The molecule has 0 fully saturated rings. The number of amides is 1. The summed E-state index contributed by atoms with van der Waals surface area (Å²) in [6, 6.07) is 27.4. The monoisotopic (exact) mass is 714 g/mol. The second kappa shape index (κ2) is 19.7.